The van der Waals surface area contributed by atoms with Crippen LogP contribution in [0.4, 0.5) is 0 Å². The van der Waals surface area contributed by atoms with Gasteiger partial charge in [0.05, 0.1) is 6.61 Å². The predicted molar refractivity (Wildman–Crippen MR) is 68.7 cm³/mol. The minimum absolute atomic E-state index is 0.330. The molecule has 0 aliphatic heterocycles. The van der Waals surface area contributed by atoms with Gasteiger partial charge in [0, 0.05) is 18.7 Å². The van der Waals surface area contributed by atoms with Crippen LogP contribution in [0.2, 0.25) is 0 Å². The largest absolute Gasteiger partial charge is 0.463 e. The van der Waals surface area contributed by atoms with Crippen molar-refractivity contribution in [2.24, 2.45) is 0 Å². The van der Waals surface area contributed by atoms with Gasteiger partial charge in [-0.05, 0) is 19.4 Å². The molecule has 0 saturated heterocycles. The van der Waals surface area contributed by atoms with Gasteiger partial charge >= 0.3 is 5.97 Å². The molecule has 0 radical (unpaired) electrons. The van der Waals surface area contributed by atoms with E-state index in [1.165, 1.54) is 11.1 Å². The molecule has 1 aromatic carbocycles. The van der Waals surface area contributed by atoms with E-state index in [0.717, 1.165) is 6.54 Å². The van der Waals surface area contributed by atoms with Crippen molar-refractivity contribution in [2.75, 3.05) is 13.2 Å². The topological polar surface area (TPSA) is 38.3 Å². The standard InChI is InChI=1S/C14H19NO2/c1-4-17-14(16)12(3)9-15-10-13-7-5-11(2)6-8-13/h5-8,15H,3-4,9-10H2,1-2H3. The predicted octanol–water partition coefficient (Wildman–Crippen LogP) is 2.20. The van der Waals surface area contributed by atoms with Crippen LogP contribution in [-0.2, 0) is 16.1 Å². The lowest BCUT2D eigenvalue weighted by Crippen LogP contribution is -2.21. The summed E-state index contributed by atoms with van der Waals surface area (Å²) in [6.07, 6.45) is 0. The van der Waals surface area contributed by atoms with Crippen LogP contribution >= 0.6 is 0 Å². The van der Waals surface area contributed by atoms with Crippen molar-refractivity contribution in [1.82, 2.24) is 5.32 Å². The van der Waals surface area contributed by atoms with E-state index >= 15 is 0 Å². The van der Waals surface area contributed by atoms with E-state index < -0.39 is 0 Å². The first-order chi connectivity index (χ1) is 8.13. The van der Waals surface area contributed by atoms with E-state index in [1.54, 1.807) is 6.92 Å². The number of carbonyl (C=O) groups excluding carboxylic acids is 1. The van der Waals surface area contributed by atoms with Crippen LogP contribution in [-0.4, -0.2) is 19.1 Å². The van der Waals surface area contributed by atoms with Crippen LogP contribution in [0.1, 0.15) is 18.1 Å². The quantitative estimate of drug-likeness (QED) is 0.604. The second-order valence-corrected chi connectivity index (χ2v) is 3.91. The summed E-state index contributed by atoms with van der Waals surface area (Å²) in [5, 5.41) is 3.16. The van der Waals surface area contributed by atoms with Crippen molar-refractivity contribution in [2.45, 2.75) is 20.4 Å². The highest BCUT2D eigenvalue weighted by Crippen LogP contribution is 2.02. The van der Waals surface area contributed by atoms with Gasteiger partial charge in [-0.25, -0.2) is 4.79 Å². The number of ether oxygens (including phenoxy) is 1. The van der Waals surface area contributed by atoms with Crippen LogP contribution in [0.25, 0.3) is 0 Å². The molecule has 1 N–H and O–H groups in total. The van der Waals surface area contributed by atoms with Gasteiger partial charge in [-0.3, -0.25) is 0 Å². The Morgan fingerprint density at radius 1 is 1.35 bits per heavy atom. The third-order valence-corrected chi connectivity index (χ3v) is 2.35. The molecule has 0 heterocycles. The molecule has 3 nitrogen and oxygen atoms in total. The molecular formula is C14H19NO2. The van der Waals surface area contributed by atoms with Crippen molar-refractivity contribution in [3.8, 4) is 0 Å². The Morgan fingerprint density at radius 2 is 2.00 bits per heavy atom. The first-order valence-electron chi connectivity index (χ1n) is 5.74. The summed E-state index contributed by atoms with van der Waals surface area (Å²) >= 11 is 0. The summed E-state index contributed by atoms with van der Waals surface area (Å²) in [6, 6.07) is 8.26. The van der Waals surface area contributed by atoms with E-state index in [-0.39, 0.29) is 5.97 Å². The normalized spacial score (nSPS) is 10.0. The average molecular weight is 233 g/mol. The van der Waals surface area contributed by atoms with E-state index in [2.05, 4.69) is 43.1 Å². The van der Waals surface area contributed by atoms with Gasteiger partial charge in [-0.1, -0.05) is 36.4 Å². The molecule has 0 aromatic heterocycles. The molecule has 0 spiro atoms. The fraction of sp³-hybridized carbons (Fsp3) is 0.357. The van der Waals surface area contributed by atoms with Crippen LogP contribution in [0, 0.1) is 6.92 Å². The highest BCUT2D eigenvalue weighted by Gasteiger charge is 2.06. The Balaban J connectivity index is 2.30. The van der Waals surface area contributed by atoms with Crippen molar-refractivity contribution < 1.29 is 9.53 Å². The van der Waals surface area contributed by atoms with Gasteiger partial charge in [0.1, 0.15) is 0 Å². The first kappa shape index (κ1) is 13.5. The molecule has 92 valence electrons. The molecule has 1 rings (SSSR count). The Labute approximate surface area is 102 Å². The summed E-state index contributed by atoms with van der Waals surface area (Å²) in [5.41, 5.74) is 2.89. The van der Waals surface area contributed by atoms with Gasteiger partial charge in [0.25, 0.3) is 0 Å². The number of esters is 1. The summed E-state index contributed by atoms with van der Waals surface area (Å²) in [4.78, 5) is 11.3. The van der Waals surface area contributed by atoms with E-state index in [0.29, 0.717) is 18.7 Å². The molecule has 1 aromatic rings. The zero-order chi connectivity index (χ0) is 12.7. The van der Waals surface area contributed by atoms with Gasteiger partial charge < -0.3 is 10.1 Å². The van der Waals surface area contributed by atoms with Crippen LogP contribution < -0.4 is 5.32 Å². The first-order valence-corrected chi connectivity index (χ1v) is 5.74. The number of hydrogen-bond donors (Lipinski definition) is 1. The number of rotatable bonds is 6. The Morgan fingerprint density at radius 3 is 2.59 bits per heavy atom. The van der Waals surface area contributed by atoms with E-state index in [4.69, 9.17) is 4.74 Å². The summed E-state index contributed by atoms with van der Waals surface area (Å²) < 4.78 is 4.84. The SMILES string of the molecule is C=C(CNCc1ccc(C)cc1)C(=O)OCC. The van der Waals surface area contributed by atoms with Crippen LogP contribution in [0.15, 0.2) is 36.4 Å². The summed E-state index contributed by atoms with van der Waals surface area (Å²) in [7, 11) is 0. The molecule has 3 heteroatoms. The fourth-order valence-electron chi connectivity index (χ4n) is 1.37. The van der Waals surface area contributed by atoms with Gasteiger partial charge in [-0.15, -0.1) is 0 Å². The Hall–Kier alpha value is -1.61. The minimum Gasteiger partial charge on any atom is -0.463 e. The van der Waals surface area contributed by atoms with Crippen molar-refractivity contribution in [3.05, 3.63) is 47.5 Å². The third kappa shape index (κ3) is 4.83. The maximum Gasteiger partial charge on any atom is 0.334 e. The monoisotopic (exact) mass is 233 g/mol. The Kier molecular flexibility index (Phi) is 5.43. The third-order valence-electron chi connectivity index (χ3n) is 2.35. The number of benzene rings is 1. The molecule has 0 saturated carbocycles. The minimum atomic E-state index is -0.330. The maximum atomic E-state index is 11.3. The molecule has 0 fully saturated rings. The molecule has 0 bridgehead atoms. The van der Waals surface area contributed by atoms with Crippen molar-refractivity contribution in [3.63, 3.8) is 0 Å². The van der Waals surface area contributed by atoms with E-state index in [9.17, 15) is 4.79 Å². The van der Waals surface area contributed by atoms with E-state index in [1.807, 2.05) is 0 Å². The summed E-state index contributed by atoms with van der Waals surface area (Å²) in [6.45, 7) is 9.08. The zero-order valence-electron chi connectivity index (χ0n) is 10.5. The molecule has 0 aliphatic carbocycles. The molecule has 0 amide bonds. The van der Waals surface area contributed by atoms with Crippen LogP contribution in [0.5, 0.6) is 0 Å². The molecule has 0 unspecified atom stereocenters. The number of hydrogen-bond acceptors (Lipinski definition) is 3. The molecular weight excluding hydrogens is 214 g/mol. The number of aryl methyl sites for hydroxylation is 1. The smallest absolute Gasteiger partial charge is 0.334 e. The summed E-state index contributed by atoms with van der Waals surface area (Å²) in [5.74, 6) is -0.330. The zero-order valence-corrected chi connectivity index (χ0v) is 10.5. The average Bonchev–Trinajstić information content (AvgIpc) is 2.32. The number of nitrogens with one attached hydrogen (secondary N) is 1. The highest BCUT2D eigenvalue weighted by atomic mass is 16.5. The van der Waals surface area contributed by atoms with Gasteiger partial charge in [-0.2, -0.15) is 0 Å². The fourth-order valence-corrected chi connectivity index (χ4v) is 1.37. The number of carbonyl (C=O) groups is 1. The Bertz CT molecular complexity index is 382. The highest BCUT2D eigenvalue weighted by molar-refractivity contribution is 5.88. The van der Waals surface area contributed by atoms with Crippen LogP contribution in [0.3, 0.4) is 0 Å². The lowest BCUT2D eigenvalue weighted by atomic mass is 10.1. The van der Waals surface area contributed by atoms with Gasteiger partial charge in [0.2, 0.25) is 0 Å². The lowest BCUT2D eigenvalue weighted by Gasteiger charge is -2.07. The van der Waals surface area contributed by atoms with Gasteiger partial charge in [0.15, 0.2) is 0 Å². The van der Waals surface area contributed by atoms with Crippen molar-refractivity contribution in [1.29, 1.82) is 0 Å². The lowest BCUT2D eigenvalue weighted by molar-refractivity contribution is -0.138. The molecule has 17 heavy (non-hydrogen) atoms. The molecule has 0 atom stereocenters. The second-order valence-electron chi connectivity index (χ2n) is 3.91. The maximum absolute atomic E-state index is 11.3. The molecule has 0 aliphatic rings. The second kappa shape index (κ2) is 6.86. The van der Waals surface area contributed by atoms with Crippen molar-refractivity contribution >= 4 is 5.97 Å².